The first kappa shape index (κ1) is 79.6. The van der Waals surface area contributed by atoms with Crippen LogP contribution in [0.3, 0.4) is 0 Å². The highest BCUT2D eigenvalue weighted by Gasteiger charge is 2.37. The fourth-order valence-corrected chi connectivity index (χ4v) is 20.1. The third-order valence-corrected chi connectivity index (χ3v) is 26.3. The van der Waals surface area contributed by atoms with Gasteiger partial charge in [-0.05, 0) is 274 Å². The summed E-state index contributed by atoms with van der Waals surface area (Å²) in [6, 6.07) is 125. The molecular formula is C118H78F6N6. The lowest BCUT2D eigenvalue weighted by atomic mass is 9.93. The molecule has 0 N–H and O–H groups in total. The van der Waals surface area contributed by atoms with E-state index in [4.69, 9.17) is 0 Å². The van der Waals surface area contributed by atoms with E-state index in [0.29, 0.717) is 89.6 Å². The Morgan fingerprint density at radius 2 is 0.554 bits per heavy atom. The van der Waals surface area contributed by atoms with Crippen LogP contribution in [0.4, 0.5) is 26.3 Å². The number of alkyl halides is 6. The van der Waals surface area contributed by atoms with Crippen LogP contribution in [0.25, 0.3) is 199 Å². The first-order chi connectivity index (χ1) is 63.2. The minimum absolute atomic E-state index is 0.268. The predicted octanol–water partition coefficient (Wildman–Crippen LogP) is 32.3. The standard InChI is InChI=1S/C118H78F6N6/c1-70-20-16-27-79(52-70)81-40-46-96-94-34-12-14-36-103(94)129(109(96)62-81)113-66-90(118(122,123)124)67-114(116(113)88-30-19-26-78(56-88)69-126)130-104-37-15-13-35-95(104)97-47-41-82(63-110(97)130)80-28-17-24-75(54-80)53-76-39-38-74(5)98(57-76)86-45-51-108-102(61-86)101-60-85(93-33-11-8-23-73(93)4)44-50-107(101)128(108)112-65-89(117(119,120)121)64-111(115(112)87-29-18-25-77(55-87)68-125)127-105-48-42-83(91-31-9-6-21-71(91)2)58-99(105)100-59-84(43-49-106(100)127)92-32-10-7-22-72(92)3/h6-52,54-67H,53H2,1-5H3. The molecule has 0 fully saturated rings. The Hall–Kier alpha value is -16.3. The predicted molar refractivity (Wildman–Crippen MR) is 520 cm³/mol. The zero-order valence-electron chi connectivity index (χ0n) is 71.4. The molecule has 4 heterocycles. The summed E-state index contributed by atoms with van der Waals surface area (Å²) < 4.78 is 107. The number of hydrogen-bond donors (Lipinski definition) is 0. The highest BCUT2D eigenvalue weighted by molar-refractivity contribution is 6.17. The summed E-state index contributed by atoms with van der Waals surface area (Å²) in [5.74, 6) is 0. The van der Waals surface area contributed by atoms with Crippen molar-refractivity contribution in [2.24, 2.45) is 0 Å². The first-order valence-electron chi connectivity index (χ1n) is 43.4. The van der Waals surface area contributed by atoms with Crippen LogP contribution in [0.15, 0.2) is 370 Å². The highest BCUT2D eigenvalue weighted by Crippen LogP contribution is 2.51. The van der Waals surface area contributed by atoms with E-state index in [1.54, 1.807) is 36.4 Å². The third kappa shape index (κ3) is 13.6. The van der Waals surface area contributed by atoms with E-state index in [1.165, 1.54) is 24.3 Å². The van der Waals surface area contributed by atoms with Gasteiger partial charge in [-0.2, -0.15) is 36.9 Å². The molecule has 130 heavy (non-hydrogen) atoms. The molecule has 0 radical (unpaired) electrons. The number of aromatic nitrogens is 4. The number of halogens is 6. The van der Waals surface area contributed by atoms with Gasteiger partial charge in [-0.25, -0.2) is 0 Å². The number of fused-ring (bicyclic) bond motifs is 12. The van der Waals surface area contributed by atoms with Crippen LogP contribution in [0.5, 0.6) is 0 Å². The smallest absolute Gasteiger partial charge is 0.309 e. The van der Waals surface area contributed by atoms with Gasteiger partial charge in [-0.3, -0.25) is 0 Å². The monoisotopic (exact) mass is 1690 g/mol. The maximum absolute atomic E-state index is 16.6. The number of hydrogen-bond acceptors (Lipinski definition) is 2. The van der Waals surface area contributed by atoms with Crippen LogP contribution in [0.1, 0.15) is 61.2 Å². The van der Waals surface area contributed by atoms with E-state index in [-0.39, 0.29) is 17.1 Å². The van der Waals surface area contributed by atoms with E-state index >= 15 is 26.3 Å². The second-order valence-electron chi connectivity index (χ2n) is 34.3. The van der Waals surface area contributed by atoms with E-state index < -0.39 is 23.5 Å². The van der Waals surface area contributed by atoms with Crippen molar-refractivity contribution in [2.75, 3.05) is 0 Å². The van der Waals surface area contributed by atoms with Gasteiger partial charge >= 0.3 is 12.4 Å². The summed E-state index contributed by atoms with van der Waals surface area (Å²) in [4.78, 5) is 0. The Morgan fingerprint density at radius 3 is 0.962 bits per heavy atom. The lowest BCUT2D eigenvalue weighted by molar-refractivity contribution is -0.138. The molecule has 0 spiro atoms. The lowest BCUT2D eigenvalue weighted by Gasteiger charge is -2.23. The van der Waals surface area contributed by atoms with Gasteiger partial charge in [0, 0.05) is 54.2 Å². The zero-order valence-corrected chi connectivity index (χ0v) is 71.4. The van der Waals surface area contributed by atoms with Gasteiger partial charge in [0.1, 0.15) is 0 Å². The van der Waals surface area contributed by atoms with Crippen molar-refractivity contribution in [3.05, 3.63) is 431 Å². The van der Waals surface area contributed by atoms with Gasteiger partial charge in [0.25, 0.3) is 0 Å². The fourth-order valence-electron chi connectivity index (χ4n) is 20.1. The van der Waals surface area contributed by atoms with Crippen LogP contribution >= 0.6 is 0 Å². The molecule has 12 heteroatoms. The summed E-state index contributed by atoms with van der Waals surface area (Å²) in [7, 11) is 0. The Bertz CT molecular complexity index is 8500. The second kappa shape index (κ2) is 31.1. The van der Waals surface area contributed by atoms with Crippen molar-refractivity contribution in [2.45, 2.75) is 53.4 Å². The van der Waals surface area contributed by atoms with Crippen molar-refractivity contribution in [1.82, 2.24) is 18.3 Å². The van der Waals surface area contributed by atoms with Crippen molar-refractivity contribution in [1.29, 1.82) is 10.5 Å². The molecule has 0 amide bonds. The molecule has 4 aromatic heterocycles. The van der Waals surface area contributed by atoms with Gasteiger partial charge in [0.15, 0.2) is 0 Å². The van der Waals surface area contributed by atoms with Crippen molar-refractivity contribution >= 4 is 87.2 Å². The number of para-hydroxylation sites is 2. The van der Waals surface area contributed by atoms with Gasteiger partial charge < -0.3 is 18.3 Å². The molecular weight excluding hydrogens is 1620 g/mol. The van der Waals surface area contributed by atoms with Gasteiger partial charge in [-0.1, -0.05) is 254 Å². The molecule has 0 saturated heterocycles. The Labute approximate surface area is 746 Å². The summed E-state index contributed by atoms with van der Waals surface area (Å²) in [5.41, 5.74) is 26.5. The minimum atomic E-state index is -4.84. The number of rotatable bonds is 14. The van der Waals surface area contributed by atoms with Crippen LogP contribution in [0, 0.1) is 57.3 Å². The molecule has 0 atom stereocenters. The number of benzene rings is 18. The van der Waals surface area contributed by atoms with Crippen molar-refractivity contribution in [3.8, 4) is 124 Å². The molecule has 0 aliphatic carbocycles. The van der Waals surface area contributed by atoms with Gasteiger partial charge in [-0.15, -0.1) is 0 Å². The van der Waals surface area contributed by atoms with Crippen LogP contribution in [-0.4, -0.2) is 18.3 Å². The van der Waals surface area contributed by atoms with Crippen LogP contribution in [-0.2, 0) is 18.8 Å². The molecule has 0 saturated carbocycles. The number of aryl methyl sites for hydroxylation is 5. The Kier molecular flexibility index (Phi) is 19.0. The maximum atomic E-state index is 16.6. The molecule has 0 aliphatic rings. The highest BCUT2D eigenvalue weighted by atomic mass is 19.4. The largest absolute Gasteiger partial charge is 0.416 e. The molecule has 0 unspecified atom stereocenters. The molecule has 0 bridgehead atoms. The lowest BCUT2D eigenvalue weighted by Crippen LogP contribution is -2.11. The summed E-state index contributed by atoms with van der Waals surface area (Å²) in [6.07, 6.45) is -9.14. The summed E-state index contributed by atoms with van der Waals surface area (Å²) in [5, 5.41) is 28.1. The molecule has 6 nitrogen and oxygen atoms in total. The average molecular weight is 1690 g/mol. The van der Waals surface area contributed by atoms with E-state index in [0.717, 1.165) is 149 Å². The van der Waals surface area contributed by atoms with E-state index in [1.807, 2.05) is 171 Å². The van der Waals surface area contributed by atoms with Crippen LogP contribution < -0.4 is 0 Å². The molecule has 22 rings (SSSR count). The quantitative estimate of drug-likeness (QED) is 0.102. The molecule has 18 aromatic carbocycles. The maximum Gasteiger partial charge on any atom is 0.416 e. The molecule has 22 aromatic rings. The molecule has 622 valence electrons. The number of nitrogens with zero attached hydrogens (tertiary/aromatic N) is 6. The summed E-state index contributed by atoms with van der Waals surface area (Å²) in [6.45, 7) is 10.4. The number of nitriles is 2. The topological polar surface area (TPSA) is 67.3 Å². The zero-order chi connectivity index (χ0) is 88.7. The normalized spacial score (nSPS) is 12.0. The van der Waals surface area contributed by atoms with Crippen molar-refractivity contribution < 1.29 is 26.3 Å². The van der Waals surface area contributed by atoms with Gasteiger partial charge in [0.2, 0.25) is 0 Å². The van der Waals surface area contributed by atoms with Gasteiger partial charge in [0.05, 0.1) is 101 Å². The van der Waals surface area contributed by atoms with Crippen LogP contribution in [0.2, 0.25) is 0 Å². The SMILES string of the molecule is Cc1cccc(-c2ccc3c4ccccc4n(-c4cc(C(F)(F)F)cc(-n5c6ccccc6c6ccc(-c7cccc(Cc8ccc(C)c(-c9ccc%10c(c9)c9cc(-c%11ccccc%11C)ccc9n%10-c9cc(C(F)(F)F)cc(-n%10c%11ccc(-c%12ccccc%12C)cc%11c%11cc(-c%12ccccc%12C)ccc%11%10)c9-c9cccc(C#N)c9)c8)c7)cc65)c4-c4cccc(C#N)c4)c3c2)c1. The second-order valence-corrected chi connectivity index (χ2v) is 34.3. The third-order valence-electron chi connectivity index (χ3n) is 26.3. The first-order valence-corrected chi connectivity index (χ1v) is 43.4. The Morgan fingerprint density at radius 1 is 0.231 bits per heavy atom. The van der Waals surface area contributed by atoms with E-state index in [2.05, 4.69) is 204 Å². The minimum Gasteiger partial charge on any atom is -0.309 e. The molecule has 0 aliphatic heterocycles. The van der Waals surface area contributed by atoms with E-state index in [9.17, 15) is 10.5 Å². The van der Waals surface area contributed by atoms with Crippen molar-refractivity contribution in [3.63, 3.8) is 0 Å². The summed E-state index contributed by atoms with van der Waals surface area (Å²) >= 11 is 0. The average Bonchev–Trinajstić information content (AvgIpc) is 1.54. The Balaban J connectivity index is 0.694. The fraction of sp³-hybridized carbons (Fsp3) is 0.0678.